The molecule has 1 aliphatic carbocycles. The van der Waals surface area contributed by atoms with Gasteiger partial charge in [-0.25, -0.2) is 4.98 Å². The van der Waals surface area contributed by atoms with E-state index in [0.717, 1.165) is 22.4 Å². The number of aromatic nitrogens is 2. The molecule has 1 atom stereocenters. The Balaban J connectivity index is 2.36. The zero-order chi connectivity index (χ0) is 12.4. The molecule has 0 spiro atoms. The highest BCUT2D eigenvalue weighted by Gasteiger charge is 2.34. The summed E-state index contributed by atoms with van der Waals surface area (Å²) in [5, 5.41) is 0. The van der Waals surface area contributed by atoms with Crippen molar-refractivity contribution < 1.29 is 4.74 Å². The first-order valence-corrected chi connectivity index (χ1v) is 7.27. The molecule has 0 amide bonds. The van der Waals surface area contributed by atoms with E-state index in [1.807, 2.05) is 6.92 Å². The molecule has 1 heterocycles. The average molecular weight is 317 g/mol. The summed E-state index contributed by atoms with van der Waals surface area (Å²) in [4.78, 5) is 7.81. The summed E-state index contributed by atoms with van der Waals surface area (Å²) in [5.41, 5.74) is 1.10. The van der Waals surface area contributed by atoms with Gasteiger partial charge in [0.1, 0.15) is 16.6 Å². The van der Waals surface area contributed by atoms with Crippen LogP contribution in [0.2, 0.25) is 0 Å². The van der Waals surface area contributed by atoms with Crippen LogP contribution in [0.3, 0.4) is 0 Å². The van der Waals surface area contributed by atoms with Crippen LogP contribution in [0.4, 0.5) is 0 Å². The van der Waals surface area contributed by atoms with Crippen molar-refractivity contribution in [2.24, 2.45) is 5.92 Å². The fraction of sp³-hybridized carbons (Fsp3) is 0.667. The van der Waals surface area contributed by atoms with Gasteiger partial charge in [0.05, 0.1) is 4.47 Å². The molecule has 5 heteroatoms. The number of aromatic amines is 1. The number of H-pyrrole nitrogens is 1. The van der Waals surface area contributed by atoms with Gasteiger partial charge >= 0.3 is 0 Å². The zero-order valence-electron chi connectivity index (χ0n) is 10.1. The molecule has 1 aliphatic rings. The number of nitrogens with one attached hydrogen (secondary N) is 1. The number of rotatable bonds is 5. The van der Waals surface area contributed by atoms with Crippen molar-refractivity contribution in [3.8, 4) is 0 Å². The minimum atomic E-state index is 0.0834. The molecule has 0 radical (unpaired) electrons. The summed E-state index contributed by atoms with van der Waals surface area (Å²) in [7, 11) is 0. The van der Waals surface area contributed by atoms with Gasteiger partial charge in [0, 0.05) is 12.3 Å². The standard InChI is InChI=1S/C12H17BrN2OS/c1-3-8-9(13)12(17)15-11(14-8)10(16-4-2)7-5-6-7/h7,10H,3-6H2,1-2H3,(H,14,15,17). The molecule has 94 valence electrons. The summed E-state index contributed by atoms with van der Waals surface area (Å²) < 4.78 is 7.32. The van der Waals surface area contributed by atoms with Gasteiger partial charge in [0.2, 0.25) is 0 Å². The topological polar surface area (TPSA) is 37.9 Å². The Morgan fingerprint density at radius 2 is 2.24 bits per heavy atom. The zero-order valence-corrected chi connectivity index (χ0v) is 12.5. The van der Waals surface area contributed by atoms with Crippen LogP contribution < -0.4 is 0 Å². The van der Waals surface area contributed by atoms with Crippen molar-refractivity contribution in [1.82, 2.24) is 9.97 Å². The van der Waals surface area contributed by atoms with Crippen molar-refractivity contribution in [2.45, 2.75) is 39.2 Å². The van der Waals surface area contributed by atoms with E-state index in [1.54, 1.807) is 0 Å². The minimum Gasteiger partial charge on any atom is -0.370 e. The first kappa shape index (κ1) is 13.2. The van der Waals surface area contributed by atoms with Crippen LogP contribution in [0.25, 0.3) is 0 Å². The molecule has 0 aliphatic heterocycles. The maximum Gasteiger partial charge on any atom is 0.144 e. The molecule has 2 rings (SSSR count). The largest absolute Gasteiger partial charge is 0.370 e. The van der Waals surface area contributed by atoms with Crippen molar-refractivity contribution in [2.75, 3.05) is 6.61 Å². The van der Waals surface area contributed by atoms with E-state index in [0.29, 0.717) is 17.2 Å². The van der Waals surface area contributed by atoms with Crippen molar-refractivity contribution in [3.63, 3.8) is 0 Å². The smallest absolute Gasteiger partial charge is 0.144 e. The Labute approximate surface area is 115 Å². The van der Waals surface area contributed by atoms with Gasteiger partial charge in [-0.1, -0.05) is 19.1 Å². The highest BCUT2D eigenvalue weighted by atomic mass is 79.9. The second-order valence-electron chi connectivity index (χ2n) is 4.29. The quantitative estimate of drug-likeness (QED) is 0.836. The van der Waals surface area contributed by atoms with Crippen molar-refractivity contribution >= 4 is 28.1 Å². The molecule has 0 saturated heterocycles. The van der Waals surface area contributed by atoms with Gasteiger partial charge in [-0.15, -0.1) is 0 Å². The highest BCUT2D eigenvalue weighted by molar-refractivity contribution is 9.10. The SMILES string of the molecule is CCOC(c1nc(=S)c(Br)c(CC)[nH]1)C1CC1. The fourth-order valence-electron chi connectivity index (χ4n) is 1.92. The van der Waals surface area contributed by atoms with Gasteiger partial charge in [-0.2, -0.15) is 0 Å². The van der Waals surface area contributed by atoms with E-state index >= 15 is 0 Å². The Bertz CT molecular complexity index is 456. The van der Waals surface area contributed by atoms with Crippen LogP contribution in [0.1, 0.15) is 44.3 Å². The summed E-state index contributed by atoms with van der Waals surface area (Å²) in [5.74, 6) is 1.50. The van der Waals surface area contributed by atoms with Gasteiger partial charge < -0.3 is 9.72 Å². The van der Waals surface area contributed by atoms with E-state index in [2.05, 4.69) is 32.8 Å². The molecular formula is C12H17BrN2OS. The monoisotopic (exact) mass is 316 g/mol. The Hall–Kier alpha value is -0.260. The molecule has 0 bridgehead atoms. The fourth-order valence-corrected chi connectivity index (χ4v) is 2.61. The molecule has 1 saturated carbocycles. The first-order chi connectivity index (χ1) is 8.17. The predicted molar refractivity (Wildman–Crippen MR) is 73.6 cm³/mol. The first-order valence-electron chi connectivity index (χ1n) is 6.07. The third-order valence-corrected chi connectivity index (χ3v) is 4.39. The van der Waals surface area contributed by atoms with E-state index in [4.69, 9.17) is 17.0 Å². The number of hydrogen-bond acceptors (Lipinski definition) is 3. The second-order valence-corrected chi connectivity index (χ2v) is 5.47. The molecule has 1 aromatic heterocycles. The summed E-state index contributed by atoms with van der Waals surface area (Å²) in [6.45, 7) is 4.83. The van der Waals surface area contributed by atoms with Crippen LogP contribution in [-0.2, 0) is 11.2 Å². The van der Waals surface area contributed by atoms with Crippen LogP contribution >= 0.6 is 28.1 Å². The molecule has 1 N–H and O–H groups in total. The minimum absolute atomic E-state index is 0.0834. The van der Waals surface area contributed by atoms with Gasteiger partial charge in [0.25, 0.3) is 0 Å². The lowest BCUT2D eigenvalue weighted by atomic mass is 10.2. The van der Waals surface area contributed by atoms with Crippen LogP contribution in [0.15, 0.2) is 4.47 Å². The second kappa shape index (κ2) is 5.59. The number of nitrogens with zero attached hydrogens (tertiary/aromatic N) is 1. The third-order valence-electron chi connectivity index (χ3n) is 2.97. The van der Waals surface area contributed by atoms with E-state index in [9.17, 15) is 0 Å². The van der Waals surface area contributed by atoms with Crippen LogP contribution in [0.5, 0.6) is 0 Å². The van der Waals surface area contributed by atoms with E-state index < -0.39 is 0 Å². The maximum absolute atomic E-state index is 5.79. The Morgan fingerprint density at radius 3 is 2.76 bits per heavy atom. The third kappa shape index (κ3) is 2.95. The Morgan fingerprint density at radius 1 is 1.53 bits per heavy atom. The molecule has 3 nitrogen and oxygen atoms in total. The number of hydrogen-bond donors (Lipinski definition) is 1. The van der Waals surface area contributed by atoms with Crippen LogP contribution in [0, 0.1) is 10.6 Å². The van der Waals surface area contributed by atoms with Crippen molar-refractivity contribution in [1.29, 1.82) is 0 Å². The molecule has 1 aromatic rings. The summed E-state index contributed by atoms with van der Waals surface area (Å²) >= 11 is 8.75. The van der Waals surface area contributed by atoms with Gasteiger partial charge in [-0.3, -0.25) is 0 Å². The molecule has 1 unspecified atom stereocenters. The maximum atomic E-state index is 5.79. The molecular weight excluding hydrogens is 300 g/mol. The number of halogens is 1. The van der Waals surface area contributed by atoms with E-state index in [1.165, 1.54) is 12.8 Å². The lowest BCUT2D eigenvalue weighted by Crippen LogP contribution is -2.12. The summed E-state index contributed by atoms with van der Waals surface area (Å²) in [6.07, 6.45) is 3.44. The van der Waals surface area contributed by atoms with Gasteiger partial charge in [-0.05, 0) is 48.0 Å². The van der Waals surface area contributed by atoms with Gasteiger partial charge in [0.15, 0.2) is 0 Å². The molecule has 0 aromatic carbocycles. The lowest BCUT2D eigenvalue weighted by molar-refractivity contribution is 0.0398. The number of ether oxygens (including phenoxy) is 1. The number of aryl methyl sites for hydroxylation is 1. The van der Waals surface area contributed by atoms with Crippen LogP contribution in [-0.4, -0.2) is 16.6 Å². The molecule has 17 heavy (non-hydrogen) atoms. The summed E-state index contributed by atoms with van der Waals surface area (Å²) in [6, 6.07) is 0. The normalized spacial score (nSPS) is 17.1. The average Bonchev–Trinajstić information content (AvgIpc) is 3.13. The lowest BCUT2D eigenvalue weighted by Gasteiger charge is -2.17. The highest BCUT2D eigenvalue weighted by Crippen LogP contribution is 2.42. The van der Waals surface area contributed by atoms with Crippen molar-refractivity contribution in [3.05, 3.63) is 20.6 Å². The van der Waals surface area contributed by atoms with E-state index in [-0.39, 0.29) is 6.10 Å². The Kier molecular flexibility index (Phi) is 4.33. The molecule has 1 fully saturated rings. The predicted octanol–water partition coefficient (Wildman–Crippen LogP) is 3.95.